The van der Waals surface area contributed by atoms with E-state index in [-0.39, 0.29) is 5.56 Å². The van der Waals surface area contributed by atoms with E-state index in [1.165, 1.54) is 0 Å². The lowest BCUT2D eigenvalue weighted by Crippen LogP contribution is -2.07. The fraction of sp³-hybridized carbons (Fsp3) is 0. The number of rotatable bonds is 0. The Labute approximate surface area is 68.1 Å². The molecule has 4 nitrogen and oxygen atoms in total. The molecule has 0 amide bonds. The number of nitrogens with zero attached hydrogens (tertiary/aromatic N) is 1. The molecule has 12 heavy (non-hydrogen) atoms. The molecule has 4 heteroatoms. The van der Waals surface area contributed by atoms with Gasteiger partial charge in [0.05, 0.1) is 10.9 Å². The van der Waals surface area contributed by atoms with E-state index in [2.05, 4.69) is 9.97 Å². The van der Waals surface area contributed by atoms with Crippen LogP contribution in [0.3, 0.4) is 0 Å². The van der Waals surface area contributed by atoms with Crippen LogP contribution in [0.4, 0.5) is 5.69 Å². The van der Waals surface area contributed by atoms with Gasteiger partial charge in [-0.1, -0.05) is 0 Å². The first-order valence-corrected chi connectivity index (χ1v) is 3.51. The van der Waals surface area contributed by atoms with Crippen LogP contribution in [0, 0.1) is 0 Å². The second kappa shape index (κ2) is 2.34. The number of nitrogens with two attached hydrogens (primary N) is 1. The molecule has 0 bridgehead atoms. The highest BCUT2D eigenvalue weighted by atomic mass is 16.1. The molecule has 0 aliphatic heterocycles. The zero-order chi connectivity index (χ0) is 8.55. The fourth-order valence-electron chi connectivity index (χ4n) is 1.14. The maximum absolute atomic E-state index is 11.2. The molecule has 0 spiro atoms. The normalized spacial score (nSPS) is 10.3. The van der Waals surface area contributed by atoms with Crippen molar-refractivity contribution in [2.45, 2.75) is 0 Å². The van der Waals surface area contributed by atoms with Gasteiger partial charge in [0.1, 0.15) is 0 Å². The summed E-state index contributed by atoms with van der Waals surface area (Å²) in [6, 6.07) is 3.32. The Hall–Kier alpha value is -1.84. The first kappa shape index (κ1) is 6.84. The highest BCUT2D eigenvalue weighted by Gasteiger charge is 2.00. The van der Waals surface area contributed by atoms with E-state index in [9.17, 15) is 4.79 Å². The summed E-state index contributed by atoms with van der Waals surface area (Å²) >= 11 is 0. The van der Waals surface area contributed by atoms with E-state index < -0.39 is 0 Å². The average Bonchev–Trinajstić information content (AvgIpc) is 2.04. The van der Waals surface area contributed by atoms with Crippen LogP contribution in [0.1, 0.15) is 0 Å². The Morgan fingerprint density at radius 2 is 2.25 bits per heavy atom. The van der Waals surface area contributed by atoms with Gasteiger partial charge in [-0.2, -0.15) is 0 Å². The molecule has 0 atom stereocenters. The average molecular weight is 161 g/mol. The molecule has 0 saturated heterocycles. The summed E-state index contributed by atoms with van der Waals surface area (Å²) in [7, 11) is 0. The number of anilines is 1. The van der Waals surface area contributed by atoms with Crippen molar-refractivity contribution in [1.82, 2.24) is 9.97 Å². The third-order valence-electron chi connectivity index (χ3n) is 1.70. The van der Waals surface area contributed by atoms with Crippen LogP contribution in [0.15, 0.2) is 29.3 Å². The number of aromatic amines is 1. The van der Waals surface area contributed by atoms with Crippen molar-refractivity contribution >= 4 is 16.6 Å². The number of H-pyrrole nitrogens is 1. The second-order valence-corrected chi connectivity index (χ2v) is 2.47. The van der Waals surface area contributed by atoms with Crippen molar-refractivity contribution < 1.29 is 0 Å². The maximum Gasteiger partial charge on any atom is 0.259 e. The van der Waals surface area contributed by atoms with E-state index >= 15 is 0 Å². The summed E-state index contributed by atoms with van der Waals surface area (Å²) in [5, 5.41) is 0.458. The number of hydrogen-bond acceptors (Lipinski definition) is 3. The summed E-state index contributed by atoms with van der Waals surface area (Å²) in [5.74, 6) is 0. The fourth-order valence-corrected chi connectivity index (χ4v) is 1.14. The van der Waals surface area contributed by atoms with Crippen molar-refractivity contribution in [3.8, 4) is 0 Å². The lowest BCUT2D eigenvalue weighted by molar-refractivity contribution is 1.26. The molecule has 0 aliphatic rings. The number of hydrogen-bond donors (Lipinski definition) is 2. The molecule has 2 heterocycles. The van der Waals surface area contributed by atoms with Crippen LogP contribution < -0.4 is 11.3 Å². The molecule has 2 aromatic heterocycles. The molecule has 2 aromatic rings. The molecule has 0 fully saturated rings. The number of nitrogens with one attached hydrogen (secondary N) is 1. The summed E-state index contributed by atoms with van der Waals surface area (Å²) in [6.07, 6.45) is 3.13. The Bertz CT molecular complexity index is 470. The van der Waals surface area contributed by atoms with Crippen molar-refractivity contribution in [2.75, 3.05) is 5.73 Å². The largest absolute Gasteiger partial charge is 0.398 e. The summed E-state index contributed by atoms with van der Waals surface area (Å²) < 4.78 is 0. The van der Waals surface area contributed by atoms with Crippen molar-refractivity contribution in [3.05, 3.63) is 34.9 Å². The topological polar surface area (TPSA) is 71.8 Å². The maximum atomic E-state index is 11.2. The highest BCUT2D eigenvalue weighted by Crippen LogP contribution is 2.11. The minimum absolute atomic E-state index is 0.196. The molecular weight excluding hydrogens is 154 g/mol. The molecular formula is C8H7N3O. The predicted octanol–water partition coefficient (Wildman–Crippen LogP) is 0.505. The molecule has 0 saturated carbocycles. The number of nitrogen functional groups attached to an aromatic ring is 1. The molecule has 2 rings (SSSR count). The summed E-state index contributed by atoms with van der Waals surface area (Å²) in [6.45, 7) is 0. The van der Waals surface area contributed by atoms with Crippen LogP contribution in [0.2, 0.25) is 0 Å². The van der Waals surface area contributed by atoms with E-state index in [1.54, 1.807) is 24.5 Å². The summed E-state index contributed by atoms with van der Waals surface area (Å²) in [5.41, 5.74) is 6.48. The van der Waals surface area contributed by atoms with Crippen LogP contribution in [-0.4, -0.2) is 9.97 Å². The van der Waals surface area contributed by atoms with E-state index in [0.717, 1.165) is 0 Å². The van der Waals surface area contributed by atoms with Crippen LogP contribution in [0.25, 0.3) is 10.9 Å². The zero-order valence-electron chi connectivity index (χ0n) is 6.24. The molecule has 0 radical (unpaired) electrons. The van der Waals surface area contributed by atoms with Gasteiger partial charge in [0.25, 0.3) is 5.56 Å². The minimum atomic E-state index is -0.196. The standard InChI is InChI=1S/C8H7N3O/c9-5-1-3-10-6-2-4-11-8(12)7(5)6/h1-4H,(H2,9,10)(H,11,12). The van der Waals surface area contributed by atoms with Crippen LogP contribution in [0.5, 0.6) is 0 Å². The van der Waals surface area contributed by atoms with E-state index in [4.69, 9.17) is 5.73 Å². The number of fused-ring (bicyclic) bond motifs is 1. The second-order valence-electron chi connectivity index (χ2n) is 2.47. The third kappa shape index (κ3) is 0.852. The third-order valence-corrected chi connectivity index (χ3v) is 1.70. The lowest BCUT2D eigenvalue weighted by atomic mass is 10.2. The molecule has 60 valence electrons. The van der Waals surface area contributed by atoms with Gasteiger partial charge in [0, 0.05) is 18.1 Å². The Balaban J connectivity index is 3.07. The Kier molecular flexibility index (Phi) is 1.33. The van der Waals surface area contributed by atoms with Crippen molar-refractivity contribution in [1.29, 1.82) is 0 Å². The Morgan fingerprint density at radius 3 is 3.00 bits per heavy atom. The van der Waals surface area contributed by atoms with Crippen molar-refractivity contribution in [3.63, 3.8) is 0 Å². The van der Waals surface area contributed by atoms with Gasteiger partial charge in [-0.25, -0.2) is 0 Å². The molecule has 0 aromatic carbocycles. The van der Waals surface area contributed by atoms with Gasteiger partial charge in [0.15, 0.2) is 0 Å². The quantitative estimate of drug-likeness (QED) is 0.591. The van der Waals surface area contributed by atoms with Gasteiger partial charge in [-0.15, -0.1) is 0 Å². The first-order chi connectivity index (χ1) is 5.79. The van der Waals surface area contributed by atoms with Crippen LogP contribution in [-0.2, 0) is 0 Å². The van der Waals surface area contributed by atoms with Gasteiger partial charge >= 0.3 is 0 Å². The Morgan fingerprint density at radius 1 is 1.42 bits per heavy atom. The predicted molar refractivity (Wildman–Crippen MR) is 46.8 cm³/mol. The van der Waals surface area contributed by atoms with Crippen LogP contribution >= 0.6 is 0 Å². The van der Waals surface area contributed by atoms with Gasteiger partial charge in [0.2, 0.25) is 0 Å². The number of aromatic nitrogens is 2. The van der Waals surface area contributed by atoms with Crippen molar-refractivity contribution in [2.24, 2.45) is 0 Å². The zero-order valence-corrected chi connectivity index (χ0v) is 6.24. The molecule has 0 unspecified atom stereocenters. The summed E-state index contributed by atoms with van der Waals surface area (Å²) in [4.78, 5) is 17.8. The minimum Gasteiger partial charge on any atom is -0.398 e. The van der Waals surface area contributed by atoms with Gasteiger partial charge in [-0.05, 0) is 12.1 Å². The van der Waals surface area contributed by atoms with E-state index in [1.807, 2.05) is 0 Å². The number of pyridine rings is 2. The first-order valence-electron chi connectivity index (χ1n) is 3.51. The smallest absolute Gasteiger partial charge is 0.259 e. The SMILES string of the molecule is Nc1ccnc2cc[nH]c(=O)c12. The lowest BCUT2D eigenvalue weighted by Gasteiger charge is -1.97. The van der Waals surface area contributed by atoms with E-state index in [0.29, 0.717) is 16.6 Å². The molecule has 0 aliphatic carbocycles. The van der Waals surface area contributed by atoms with Gasteiger partial charge < -0.3 is 10.7 Å². The molecule has 3 N–H and O–H groups in total. The highest BCUT2D eigenvalue weighted by molar-refractivity contribution is 5.88. The van der Waals surface area contributed by atoms with Gasteiger partial charge in [-0.3, -0.25) is 9.78 Å². The monoisotopic (exact) mass is 161 g/mol.